The summed E-state index contributed by atoms with van der Waals surface area (Å²) in [4.78, 5) is 11.5. The molecule has 26 heavy (non-hydrogen) atoms. The summed E-state index contributed by atoms with van der Waals surface area (Å²) < 4.78 is 37.3. The number of alkyl halides is 2. The van der Waals surface area contributed by atoms with Crippen LogP contribution in [0.25, 0.3) is 16.8 Å². The number of hydrogen-bond acceptors (Lipinski definition) is 5. The van der Waals surface area contributed by atoms with Crippen LogP contribution >= 0.6 is 0 Å². The highest BCUT2D eigenvalue weighted by molar-refractivity contribution is 5.76. The summed E-state index contributed by atoms with van der Waals surface area (Å²) in [6.07, 6.45) is -2.52. The number of benzene rings is 2. The molecule has 0 fully saturated rings. The number of pyridine rings is 1. The molecular weight excluding hydrogens is 346 g/mol. The Bertz CT molecular complexity index is 1080. The molecule has 4 rings (SSSR count). The lowest BCUT2D eigenvalue weighted by atomic mass is 10.0. The van der Waals surface area contributed by atoms with Crippen molar-refractivity contribution in [1.29, 1.82) is 0 Å². The highest BCUT2D eigenvalue weighted by atomic mass is 19.3. The Kier molecular flexibility index (Phi) is 3.36. The minimum absolute atomic E-state index is 0.0570. The van der Waals surface area contributed by atoms with Crippen LogP contribution < -0.4 is 20.6 Å². The zero-order chi connectivity index (χ0) is 18.5. The smallest absolute Gasteiger partial charge is 0.503 e. The van der Waals surface area contributed by atoms with Crippen molar-refractivity contribution in [2.45, 2.75) is 6.29 Å². The Balaban J connectivity index is 1.83. The number of para-hydroxylation sites is 1. The second-order valence-corrected chi connectivity index (χ2v) is 5.67. The largest absolute Gasteiger partial charge is 0.586 e. The van der Waals surface area contributed by atoms with E-state index in [1.807, 2.05) is 0 Å². The lowest BCUT2D eigenvalue weighted by molar-refractivity contribution is -0.286. The van der Waals surface area contributed by atoms with Crippen molar-refractivity contribution in [2.75, 3.05) is 5.73 Å². The predicted octanol–water partition coefficient (Wildman–Crippen LogP) is 3.11. The van der Waals surface area contributed by atoms with Crippen LogP contribution in [0.3, 0.4) is 0 Å². The van der Waals surface area contributed by atoms with E-state index in [1.54, 1.807) is 36.4 Å². The lowest BCUT2D eigenvalue weighted by Crippen LogP contribution is -2.26. The number of nitrogens with zero attached hydrogens (tertiary/aromatic N) is 1. The van der Waals surface area contributed by atoms with Crippen LogP contribution in [0.1, 0.15) is 0 Å². The number of aromatic nitrogens is 1. The number of hydrogen-bond donors (Lipinski definition) is 2. The van der Waals surface area contributed by atoms with Crippen molar-refractivity contribution in [3.8, 4) is 34.1 Å². The summed E-state index contributed by atoms with van der Waals surface area (Å²) >= 11 is 0. The number of ether oxygens (including phenoxy) is 2. The molecule has 1 aromatic heterocycles. The molecule has 0 spiro atoms. The van der Waals surface area contributed by atoms with Gasteiger partial charge in [0.05, 0.1) is 6.20 Å². The Morgan fingerprint density at radius 1 is 1.08 bits per heavy atom. The molecule has 0 atom stereocenters. The Morgan fingerprint density at radius 3 is 2.65 bits per heavy atom. The Labute approximate surface area is 145 Å². The number of aromatic hydroxyl groups is 1. The first-order valence-electron chi connectivity index (χ1n) is 7.55. The van der Waals surface area contributed by atoms with Gasteiger partial charge in [-0.2, -0.15) is 0 Å². The van der Waals surface area contributed by atoms with Gasteiger partial charge in [0.1, 0.15) is 5.82 Å². The predicted molar refractivity (Wildman–Crippen MR) is 89.8 cm³/mol. The van der Waals surface area contributed by atoms with E-state index in [-0.39, 0.29) is 17.3 Å². The van der Waals surface area contributed by atoms with E-state index < -0.39 is 17.5 Å². The zero-order valence-electron chi connectivity index (χ0n) is 13.1. The molecule has 6 nitrogen and oxygen atoms in total. The maximum absolute atomic E-state index is 13.4. The minimum Gasteiger partial charge on any atom is -0.503 e. The molecule has 3 aromatic rings. The third-order valence-electron chi connectivity index (χ3n) is 3.92. The SMILES string of the molecule is Nc1cc(=O)c(O)cn1-c1cccc(-c2cccc3c2OC(F)(F)O3)c1. The standard InChI is InChI=1S/C18H12F2N2O4/c19-18(20)25-15-6-2-5-12(17(15)26-18)10-3-1-4-11(7-10)22-9-14(24)13(23)8-16(22)21/h1-9,24H,21H2. The van der Waals surface area contributed by atoms with Gasteiger partial charge in [-0.25, -0.2) is 0 Å². The summed E-state index contributed by atoms with van der Waals surface area (Å²) in [5.74, 6) is -0.459. The Hall–Kier alpha value is -3.55. The fraction of sp³-hybridized carbons (Fsp3) is 0.0556. The van der Waals surface area contributed by atoms with Crippen LogP contribution in [0.15, 0.2) is 59.5 Å². The summed E-state index contributed by atoms with van der Waals surface area (Å²) in [7, 11) is 0. The van der Waals surface area contributed by atoms with E-state index in [0.29, 0.717) is 16.8 Å². The molecule has 1 aliphatic rings. The number of fused-ring (bicyclic) bond motifs is 1. The second kappa shape index (κ2) is 5.48. The van der Waals surface area contributed by atoms with Crippen molar-refractivity contribution in [3.05, 3.63) is 65.0 Å². The maximum Gasteiger partial charge on any atom is 0.586 e. The fourth-order valence-electron chi connectivity index (χ4n) is 2.78. The van der Waals surface area contributed by atoms with E-state index in [2.05, 4.69) is 9.47 Å². The molecule has 0 saturated heterocycles. The van der Waals surface area contributed by atoms with Crippen LogP contribution in [0.5, 0.6) is 17.2 Å². The van der Waals surface area contributed by atoms with Crippen molar-refractivity contribution in [2.24, 2.45) is 0 Å². The van der Waals surface area contributed by atoms with Crippen molar-refractivity contribution in [1.82, 2.24) is 4.57 Å². The third-order valence-corrected chi connectivity index (χ3v) is 3.92. The van der Waals surface area contributed by atoms with Gasteiger partial charge in [-0.3, -0.25) is 9.36 Å². The topological polar surface area (TPSA) is 86.7 Å². The van der Waals surface area contributed by atoms with Gasteiger partial charge in [0, 0.05) is 17.3 Å². The summed E-state index contributed by atoms with van der Waals surface area (Å²) in [6, 6.07) is 12.4. The molecule has 0 unspecified atom stereocenters. The van der Waals surface area contributed by atoms with Crippen LogP contribution in [-0.2, 0) is 0 Å². The molecular formula is C18H12F2N2O4. The van der Waals surface area contributed by atoms with Gasteiger partial charge in [-0.15, -0.1) is 8.78 Å². The number of halogens is 2. The summed E-state index contributed by atoms with van der Waals surface area (Å²) in [5.41, 5.74) is 6.75. The average molecular weight is 358 g/mol. The molecule has 0 amide bonds. The first kappa shape index (κ1) is 15.9. The monoisotopic (exact) mass is 358 g/mol. The molecule has 2 aromatic carbocycles. The fourth-order valence-corrected chi connectivity index (χ4v) is 2.78. The lowest BCUT2D eigenvalue weighted by Gasteiger charge is -2.13. The molecule has 3 N–H and O–H groups in total. The molecule has 8 heteroatoms. The summed E-state index contributed by atoms with van der Waals surface area (Å²) in [6.45, 7) is 0. The van der Waals surface area contributed by atoms with Gasteiger partial charge in [0.2, 0.25) is 5.43 Å². The molecule has 0 radical (unpaired) electrons. The first-order chi connectivity index (χ1) is 12.3. The van der Waals surface area contributed by atoms with E-state index in [4.69, 9.17) is 5.73 Å². The number of nitrogen functional groups attached to an aromatic ring is 1. The highest BCUT2D eigenvalue weighted by Crippen LogP contribution is 2.47. The summed E-state index contributed by atoms with van der Waals surface area (Å²) in [5, 5.41) is 9.65. The number of nitrogens with two attached hydrogens (primary N) is 1. The van der Waals surface area contributed by atoms with Gasteiger partial charge in [-0.1, -0.05) is 24.3 Å². The zero-order valence-corrected chi connectivity index (χ0v) is 13.1. The van der Waals surface area contributed by atoms with Gasteiger partial charge in [-0.05, 0) is 23.8 Å². The normalized spacial score (nSPS) is 14.4. The van der Waals surface area contributed by atoms with Crippen LogP contribution in [0, 0.1) is 0 Å². The van der Waals surface area contributed by atoms with Gasteiger partial charge >= 0.3 is 6.29 Å². The van der Waals surface area contributed by atoms with Crippen molar-refractivity contribution < 1.29 is 23.4 Å². The molecule has 0 bridgehead atoms. The van der Waals surface area contributed by atoms with Crippen LogP contribution in [0.2, 0.25) is 0 Å². The molecule has 2 heterocycles. The molecule has 132 valence electrons. The second-order valence-electron chi connectivity index (χ2n) is 5.67. The molecule has 1 aliphatic heterocycles. The van der Waals surface area contributed by atoms with Gasteiger partial charge in [0.15, 0.2) is 17.2 Å². The van der Waals surface area contributed by atoms with E-state index in [1.165, 1.54) is 16.8 Å². The number of rotatable bonds is 2. The highest BCUT2D eigenvalue weighted by Gasteiger charge is 2.44. The minimum atomic E-state index is -3.72. The Morgan fingerprint density at radius 2 is 1.85 bits per heavy atom. The van der Waals surface area contributed by atoms with E-state index >= 15 is 0 Å². The van der Waals surface area contributed by atoms with Crippen molar-refractivity contribution in [3.63, 3.8) is 0 Å². The molecule has 0 aliphatic carbocycles. The third kappa shape index (κ3) is 2.61. The van der Waals surface area contributed by atoms with E-state index in [0.717, 1.165) is 6.07 Å². The van der Waals surface area contributed by atoms with Crippen molar-refractivity contribution >= 4 is 5.82 Å². The maximum atomic E-state index is 13.4. The van der Waals surface area contributed by atoms with Crippen LogP contribution in [-0.4, -0.2) is 16.0 Å². The quantitative estimate of drug-likeness (QED) is 0.735. The molecule has 0 saturated carbocycles. The van der Waals surface area contributed by atoms with E-state index in [9.17, 15) is 18.7 Å². The average Bonchev–Trinajstić information content (AvgIpc) is 2.92. The van der Waals surface area contributed by atoms with Crippen LogP contribution in [0.4, 0.5) is 14.6 Å². The number of anilines is 1. The van der Waals surface area contributed by atoms with Gasteiger partial charge < -0.3 is 20.3 Å². The van der Waals surface area contributed by atoms with Gasteiger partial charge in [0.25, 0.3) is 0 Å². The first-order valence-corrected chi connectivity index (χ1v) is 7.55.